The van der Waals surface area contributed by atoms with Crippen molar-refractivity contribution in [1.29, 1.82) is 0 Å². The van der Waals surface area contributed by atoms with E-state index in [1.54, 1.807) is 0 Å². The molecule has 20 heavy (non-hydrogen) atoms. The van der Waals surface area contributed by atoms with Crippen LogP contribution in [0, 0.1) is 0 Å². The molecular weight excluding hydrogens is 284 g/mol. The molecule has 108 valence electrons. The highest BCUT2D eigenvalue weighted by atomic mass is 19.3. The molecule has 0 saturated carbocycles. The van der Waals surface area contributed by atoms with Gasteiger partial charge in [0, 0.05) is 0 Å². The average molecular weight is 292 g/mol. The minimum Gasteiger partial charge on any atom is -0.478 e. The van der Waals surface area contributed by atoms with Crippen LogP contribution in [0.4, 0.5) is 17.6 Å². The smallest absolute Gasteiger partial charge is 0.335 e. The predicted octanol–water partition coefficient (Wildman–Crippen LogP) is 1.93. The molecule has 2 rings (SSSR count). The number of rotatable bonds is 4. The molecule has 0 spiro atoms. The van der Waals surface area contributed by atoms with Crippen LogP contribution >= 0.6 is 0 Å². The van der Waals surface area contributed by atoms with Gasteiger partial charge in [-0.25, -0.2) is 18.4 Å². The zero-order valence-electron chi connectivity index (χ0n) is 9.74. The summed E-state index contributed by atoms with van der Waals surface area (Å²) in [6, 6.07) is 3.27. The number of carboxylic acid groups (broad SMARTS) is 1. The molecule has 0 unspecified atom stereocenters. The minimum atomic E-state index is -4.36. The Kier molecular flexibility index (Phi) is 3.28. The SMILES string of the molecule is O=C(O)c1ccc2c(c1)[nH]c(=O)n2CC(F)(F)C(F)F. The van der Waals surface area contributed by atoms with E-state index >= 15 is 0 Å². The van der Waals surface area contributed by atoms with Crippen LogP contribution in [-0.2, 0) is 6.54 Å². The Balaban J connectivity index is 2.53. The van der Waals surface area contributed by atoms with E-state index in [2.05, 4.69) is 4.98 Å². The van der Waals surface area contributed by atoms with E-state index in [-0.39, 0.29) is 16.6 Å². The zero-order chi connectivity index (χ0) is 15.1. The van der Waals surface area contributed by atoms with Crippen molar-refractivity contribution in [3.8, 4) is 0 Å². The summed E-state index contributed by atoms with van der Waals surface area (Å²) in [6.07, 6.45) is -3.90. The van der Waals surface area contributed by atoms with Crippen molar-refractivity contribution < 1.29 is 27.5 Å². The Morgan fingerprint density at radius 3 is 2.60 bits per heavy atom. The highest BCUT2D eigenvalue weighted by Gasteiger charge is 2.41. The van der Waals surface area contributed by atoms with E-state index in [0.717, 1.165) is 18.2 Å². The third-order valence-electron chi connectivity index (χ3n) is 2.71. The molecule has 1 heterocycles. The number of carbonyl (C=O) groups is 1. The topological polar surface area (TPSA) is 75.1 Å². The summed E-state index contributed by atoms with van der Waals surface area (Å²) in [5.74, 6) is -5.62. The van der Waals surface area contributed by atoms with Crippen LogP contribution in [0.5, 0.6) is 0 Å². The number of carboxylic acids is 1. The van der Waals surface area contributed by atoms with Gasteiger partial charge in [-0.1, -0.05) is 0 Å². The molecule has 0 aliphatic carbocycles. The maximum absolute atomic E-state index is 13.0. The number of hydrogen-bond acceptors (Lipinski definition) is 2. The van der Waals surface area contributed by atoms with Gasteiger partial charge in [0.2, 0.25) is 0 Å². The summed E-state index contributed by atoms with van der Waals surface area (Å²) < 4.78 is 50.8. The fourth-order valence-electron chi connectivity index (χ4n) is 1.73. The summed E-state index contributed by atoms with van der Waals surface area (Å²) in [5, 5.41) is 8.76. The van der Waals surface area contributed by atoms with Gasteiger partial charge in [-0.3, -0.25) is 4.57 Å². The molecule has 0 saturated heterocycles. The van der Waals surface area contributed by atoms with Crippen molar-refractivity contribution >= 4 is 17.0 Å². The monoisotopic (exact) mass is 292 g/mol. The van der Waals surface area contributed by atoms with Gasteiger partial charge in [-0.05, 0) is 18.2 Å². The molecule has 1 aromatic carbocycles. The number of hydrogen-bond donors (Lipinski definition) is 2. The van der Waals surface area contributed by atoms with E-state index in [1.807, 2.05) is 0 Å². The van der Waals surface area contributed by atoms with Gasteiger partial charge in [0.25, 0.3) is 0 Å². The Hall–Kier alpha value is -2.32. The second-order valence-corrected chi connectivity index (χ2v) is 4.12. The van der Waals surface area contributed by atoms with Crippen LogP contribution in [0.2, 0.25) is 0 Å². The Labute approximate surface area is 108 Å². The van der Waals surface area contributed by atoms with Crippen molar-refractivity contribution in [2.24, 2.45) is 0 Å². The average Bonchev–Trinajstić information content (AvgIpc) is 2.64. The molecule has 2 aromatic rings. The number of nitrogens with one attached hydrogen (secondary N) is 1. The first kappa shape index (κ1) is 14.1. The van der Waals surface area contributed by atoms with Crippen LogP contribution in [0.25, 0.3) is 11.0 Å². The number of benzene rings is 1. The Bertz CT molecular complexity index is 720. The third kappa shape index (κ3) is 2.38. The number of alkyl halides is 4. The van der Waals surface area contributed by atoms with Gasteiger partial charge in [0.05, 0.1) is 23.1 Å². The summed E-state index contributed by atoms with van der Waals surface area (Å²) >= 11 is 0. The summed E-state index contributed by atoms with van der Waals surface area (Å²) in [6.45, 7) is -1.49. The number of aromatic nitrogens is 2. The van der Waals surface area contributed by atoms with E-state index < -0.39 is 30.6 Å². The summed E-state index contributed by atoms with van der Waals surface area (Å²) in [7, 11) is 0. The quantitative estimate of drug-likeness (QED) is 0.845. The summed E-state index contributed by atoms with van der Waals surface area (Å²) in [4.78, 5) is 24.4. The molecule has 1 aromatic heterocycles. The van der Waals surface area contributed by atoms with E-state index in [9.17, 15) is 27.2 Å². The number of H-pyrrole nitrogens is 1. The van der Waals surface area contributed by atoms with E-state index in [1.165, 1.54) is 0 Å². The molecule has 0 amide bonds. The van der Waals surface area contributed by atoms with Crippen LogP contribution in [0.3, 0.4) is 0 Å². The van der Waals surface area contributed by atoms with Gasteiger partial charge in [0.1, 0.15) is 0 Å². The Morgan fingerprint density at radius 2 is 2.05 bits per heavy atom. The second-order valence-electron chi connectivity index (χ2n) is 4.12. The first-order valence-corrected chi connectivity index (χ1v) is 5.34. The second kappa shape index (κ2) is 4.66. The van der Waals surface area contributed by atoms with Crippen LogP contribution < -0.4 is 5.69 Å². The third-order valence-corrected chi connectivity index (χ3v) is 2.71. The fraction of sp³-hybridized carbons (Fsp3) is 0.273. The molecule has 0 radical (unpaired) electrons. The van der Waals surface area contributed by atoms with Crippen LogP contribution in [-0.4, -0.2) is 33.0 Å². The Morgan fingerprint density at radius 1 is 1.40 bits per heavy atom. The molecule has 2 N–H and O–H groups in total. The molecule has 5 nitrogen and oxygen atoms in total. The van der Waals surface area contributed by atoms with Gasteiger partial charge < -0.3 is 10.1 Å². The van der Waals surface area contributed by atoms with Crippen molar-refractivity contribution in [2.75, 3.05) is 0 Å². The summed E-state index contributed by atoms with van der Waals surface area (Å²) in [5.41, 5.74) is -1.25. The predicted molar refractivity (Wildman–Crippen MR) is 60.5 cm³/mol. The molecule has 0 aliphatic heterocycles. The number of imidazole rings is 1. The van der Waals surface area contributed by atoms with Crippen molar-refractivity contribution in [1.82, 2.24) is 9.55 Å². The van der Waals surface area contributed by atoms with Gasteiger partial charge in [0.15, 0.2) is 0 Å². The number of aromatic amines is 1. The highest BCUT2D eigenvalue weighted by molar-refractivity contribution is 5.92. The molecule has 0 aliphatic rings. The molecular formula is C11H8F4N2O3. The number of halogens is 4. The molecule has 0 bridgehead atoms. The van der Waals surface area contributed by atoms with Crippen LogP contribution in [0.15, 0.2) is 23.0 Å². The maximum Gasteiger partial charge on any atom is 0.335 e. The largest absolute Gasteiger partial charge is 0.478 e. The maximum atomic E-state index is 13.0. The number of aromatic carboxylic acids is 1. The highest BCUT2D eigenvalue weighted by Crippen LogP contribution is 2.25. The standard InChI is InChI=1S/C11H8F4N2O3/c12-9(13)11(14,15)4-17-7-2-1-5(8(18)19)3-6(7)16-10(17)20/h1-3,9H,4H2,(H,16,20)(H,18,19). The molecule has 9 heteroatoms. The van der Waals surface area contributed by atoms with Crippen molar-refractivity contribution in [2.45, 2.75) is 18.9 Å². The van der Waals surface area contributed by atoms with Crippen molar-refractivity contribution in [3.05, 3.63) is 34.2 Å². The lowest BCUT2D eigenvalue weighted by Gasteiger charge is -2.15. The molecule has 0 atom stereocenters. The van der Waals surface area contributed by atoms with Gasteiger partial charge in [-0.15, -0.1) is 0 Å². The van der Waals surface area contributed by atoms with E-state index in [0.29, 0.717) is 4.57 Å². The van der Waals surface area contributed by atoms with E-state index in [4.69, 9.17) is 5.11 Å². The van der Waals surface area contributed by atoms with Gasteiger partial charge in [-0.2, -0.15) is 8.78 Å². The number of fused-ring (bicyclic) bond motifs is 1. The molecule has 0 fully saturated rings. The number of nitrogens with zero attached hydrogens (tertiary/aromatic N) is 1. The lowest BCUT2D eigenvalue weighted by atomic mass is 10.2. The zero-order valence-corrected chi connectivity index (χ0v) is 9.74. The lowest BCUT2D eigenvalue weighted by molar-refractivity contribution is -0.137. The minimum absolute atomic E-state index is 0.0139. The normalized spacial score (nSPS) is 12.2. The van der Waals surface area contributed by atoms with Crippen molar-refractivity contribution in [3.63, 3.8) is 0 Å². The first-order chi connectivity index (χ1) is 9.22. The first-order valence-electron chi connectivity index (χ1n) is 5.34. The fourth-order valence-corrected chi connectivity index (χ4v) is 1.73. The lowest BCUT2D eigenvalue weighted by Crippen LogP contribution is -2.35. The van der Waals surface area contributed by atoms with Gasteiger partial charge >= 0.3 is 24.0 Å². The van der Waals surface area contributed by atoms with Crippen LogP contribution in [0.1, 0.15) is 10.4 Å².